The van der Waals surface area contributed by atoms with Crippen LogP contribution in [-0.2, 0) is 13.1 Å². The smallest absolute Gasteiger partial charge is 0.255 e. The number of fused-ring (bicyclic) bond motifs is 4. The van der Waals surface area contributed by atoms with E-state index < -0.39 is 0 Å². The van der Waals surface area contributed by atoms with Crippen molar-refractivity contribution in [2.24, 2.45) is 5.92 Å². The van der Waals surface area contributed by atoms with Gasteiger partial charge in [-0.1, -0.05) is 6.07 Å². The Labute approximate surface area is 177 Å². The highest BCUT2D eigenvalue weighted by Crippen LogP contribution is 2.32. The molecule has 154 valence electrons. The summed E-state index contributed by atoms with van der Waals surface area (Å²) < 4.78 is 2.07. The number of hydrogen-bond acceptors (Lipinski definition) is 4. The van der Waals surface area contributed by atoms with Gasteiger partial charge in [0.25, 0.3) is 5.56 Å². The normalized spacial score (nSPS) is 24.7. The molecule has 2 saturated heterocycles. The maximum atomic E-state index is 13.1. The Bertz CT molecular complexity index is 830. The first-order chi connectivity index (χ1) is 12.8. The van der Waals surface area contributed by atoms with E-state index in [2.05, 4.69) is 36.9 Å². The largest absolute Gasteiger partial charge is 0.348 e. The number of aromatic nitrogens is 3. The number of hydrogen-bond donors (Lipinski definition) is 2. The molecule has 0 radical (unpaired) electrons. The van der Waals surface area contributed by atoms with E-state index in [4.69, 9.17) is 0 Å². The Balaban J connectivity index is 0.00000112. The van der Waals surface area contributed by atoms with Crippen LogP contribution in [0.3, 0.4) is 0 Å². The van der Waals surface area contributed by atoms with E-state index in [1.807, 2.05) is 12.4 Å². The highest BCUT2D eigenvalue weighted by Gasteiger charge is 2.31. The van der Waals surface area contributed by atoms with Gasteiger partial charge in [0, 0.05) is 55.1 Å². The minimum absolute atomic E-state index is 0. The number of likely N-dealkylation sites (tertiary alicyclic amines) is 1. The molecule has 0 aromatic carbocycles. The molecular formula is C20H29Cl2N5O. The summed E-state index contributed by atoms with van der Waals surface area (Å²) in [5.41, 5.74) is 2.43. The molecule has 6 nitrogen and oxygen atoms in total. The number of rotatable bonds is 3. The zero-order valence-electron chi connectivity index (χ0n) is 16.0. The Kier molecular flexibility index (Phi) is 6.86. The average Bonchev–Trinajstić information content (AvgIpc) is 3.20. The Morgan fingerprint density at radius 1 is 1.11 bits per heavy atom. The van der Waals surface area contributed by atoms with Crippen LogP contribution in [0.5, 0.6) is 0 Å². The molecule has 3 aliphatic rings. The molecule has 5 rings (SSSR count). The standard InChI is InChI=1S/C20H27N5O.2ClH/c26-20-16(1-2-18-17-9-14(10-21-11-17)12-25(18)20)13-24-7-3-15(4-8-24)19-22-5-6-23-19;;/h1-2,5-6,14-15,17,21H,3-4,7-13H2,(H,22,23);2*1H/t14-,17+;;/m0../s1. The molecule has 2 atom stereocenters. The van der Waals surface area contributed by atoms with Gasteiger partial charge in [0.1, 0.15) is 5.82 Å². The lowest BCUT2D eigenvalue weighted by molar-refractivity contribution is 0.199. The number of imidazole rings is 1. The van der Waals surface area contributed by atoms with Crippen LogP contribution in [-0.4, -0.2) is 45.6 Å². The third-order valence-corrected chi connectivity index (χ3v) is 6.48. The molecule has 2 bridgehead atoms. The van der Waals surface area contributed by atoms with Gasteiger partial charge in [0.2, 0.25) is 0 Å². The van der Waals surface area contributed by atoms with E-state index in [1.165, 1.54) is 12.1 Å². The molecule has 0 amide bonds. The van der Waals surface area contributed by atoms with Crippen LogP contribution in [0.15, 0.2) is 29.3 Å². The fraction of sp³-hybridized carbons (Fsp3) is 0.600. The van der Waals surface area contributed by atoms with E-state index in [0.29, 0.717) is 17.8 Å². The minimum atomic E-state index is 0. The van der Waals surface area contributed by atoms with Crippen molar-refractivity contribution in [2.75, 3.05) is 26.2 Å². The lowest BCUT2D eigenvalue weighted by Gasteiger charge is -2.38. The molecule has 0 aliphatic carbocycles. The first-order valence-corrected chi connectivity index (χ1v) is 9.93. The molecule has 2 fully saturated rings. The van der Waals surface area contributed by atoms with Crippen LogP contribution in [0.2, 0.25) is 0 Å². The monoisotopic (exact) mass is 425 g/mol. The molecule has 5 heterocycles. The lowest BCUT2D eigenvalue weighted by Crippen LogP contribution is -2.45. The van der Waals surface area contributed by atoms with Crippen molar-refractivity contribution < 1.29 is 0 Å². The summed E-state index contributed by atoms with van der Waals surface area (Å²) in [5.74, 6) is 2.75. The van der Waals surface area contributed by atoms with Crippen molar-refractivity contribution in [3.63, 3.8) is 0 Å². The van der Waals surface area contributed by atoms with Crippen LogP contribution in [0.4, 0.5) is 0 Å². The highest BCUT2D eigenvalue weighted by molar-refractivity contribution is 5.85. The lowest BCUT2D eigenvalue weighted by atomic mass is 9.84. The molecule has 2 aromatic heterocycles. The molecular weight excluding hydrogens is 397 g/mol. The second-order valence-corrected chi connectivity index (χ2v) is 8.18. The highest BCUT2D eigenvalue weighted by atomic mass is 35.5. The summed E-state index contributed by atoms with van der Waals surface area (Å²) in [6.45, 7) is 5.77. The zero-order chi connectivity index (χ0) is 17.5. The van der Waals surface area contributed by atoms with E-state index in [-0.39, 0.29) is 30.4 Å². The van der Waals surface area contributed by atoms with Crippen LogP contribution >= 0.6 is 24.8 Å². The Hall–Kier alpha value is -1.34. The molecule has 0 unspecified atom stereocenters. The maximum absolute atomic E-state index is 13.1. The summed E-state index contributed by atoms with van der Waals surface area (Å²) in [6.07, 6.45) is 7.18. The third-order valence-electron chi connectivity index (χ3n) is 6.48. The van der Waals surface area contributed by atoms with Crippen LogP contribution in [0.25, 0.3) is 0 Å². The second kappa shape index (κ2) is 8.99. The van der Waals surface area contributed by atoms with Crippen molar-refractivity contribution in [3.05, 3.63) is 52.0 Å². The van der Waals surface area contributed by atoms with Crippen molar-refractivity contribution in [2.45, 2.75) is 44.2 Å². The average molecular weight is 426 g/mol. The van der Waals surface area contributed by atoms with Crippen LogP contribution in [0, 0.1) is 5.92 Å². The predicted octanol–water partition coefficient (Wildman–Crippen LogP) is 2.50. The van der Waals surface area contributed by atoms with Crippen molar-refractivity contribution >= 4 is 24.8 Å². The quantitative estimate of drug-likeness (QED) is 0.792. The fourth-order valence-electron chi connectivity index (χ4n) is 5.06. The molecule has 28 heavy (non-hydrogen) atoms. The number of pyridine rings is 1. The van der Waals surface area contributed by atoms with Gasteiger partial charge in [0.15, 0.2) is 0 Å². The van der Waals surface area contributed by atoms with Gasteiger partial charge in [-0.3, -0.25) is 9.69 Å². The second-order valence-electron chi connectivity index (χ2n) is 8.18. The summed E-state index contributed by atoms with van der Waals surface area (Å²) in [5, 5.41) is 3.51. The molecule has 2 N–H and O–H groups in total. The first-order valence-electron chi connectivity index (χ1n) is 9.93. The number of nitrogens with zero attached hydrogens (tertiary/aromatic N) is 3. The van der Waals surface area contributed by atoms with Gasteiger partial charge < -0.3 is 14.9 Å². The molecule has 0 saturated carbocycles. The van der Waals surface area contributed by atoms with Gasteiger partial charge in [-0.25, -0.2) is 4.98 Å². The topological polar surface area (TPSA) is 66.0 Å². The molecule has 8 heteroatoms. The number of piperidine rings is 2. The molecule has 0 spiro atoms. The summed E-state index contributed by atoms with van der Waals surface area (Å²) >= 11 is 0. The van der Waals surface area contributed by atoms with E-state index >= 15 is 0 Å². The molecule has 2 aromatic rings. The Morgan fingerprint density at radius 2 is 1.93 bits per heavy atom. The number of H-pyrrole nitrogens is 1. The van der Waals surface area contributed by atoms with Gasteiger partial charge in [-0.05, 0) is 50.9 Å². The number of halogens is 2. The van der Waals surface area contributed by atoms with Crippen molar-refractivity contribution in [1.82, 2.24) is 24.8 Å². The fourth-order valence-corrected chi connectivity index (χ4v) is 5.06. The summed E-state index contributed by atoms with van der Waals surface area (Å²) in [6, 6.07) is 4.29. The van der Waals surface area contributed by atoms with Crippen LogP contribution < -0.4 is 10.9 Å². The zero-order valence-corrected chi connectivity index (χ0v) is 17.6. The summed E-state index contributed by atoms with van der Waals surface area (Å²) in [4.78, 5) is 23.1. The van der Waals surface area contributed by atoms with Crippen LogP contribution in [0.1, 0.15) is 48.2 Å². The van der Waals surface area contributed by atoms with Gasteiger partial charge >= 0.3 is 0 Å². The number of aromatic amines is 1. The number of nitrogens with one attached hydrogen (secondary N) is 2. The van der Waals surface area contributed by atoms with Crippen molar-refractivity contribution in [1.29, 1.82) is 0 Å². The Morgan fingerprint density at radius 3 is 2.68 bits per heavy atom. The third kappa shape index (κ3) is 4.01. The summed E-state index contributed by atoms with van der Waals surface area (Å²) in [7, 11) is 0. The SMILES string of the molecule is Cl.Cl.O=c1c(CN2CCC(c3ncc[nH]3)CC2)ccc2n1C[C@@H]1CNC[C@H]2C1. The van der Waals surface area contributed by atoms with Gasteiger partial charge in [0.05, 0.1) is 0 Å². The van der Waals surface area contributed by atoms with Crippen molar-refractivity contribution in [3.8, 4) is 0 Å². The maximum Gasteiger partial charge on any atom is 0.255 e. The van der Waals surface area contributed by atoms with E-state index in [1.54, 1.807) is 0 Å². The van der Waals surface area contributed by atoms with E-state index in [0.717, 1.165) is 63.5 Å². The predicted molar refractivity (Wildman–Crippen MR) is 115 cm³/mol. The van der Waals surface area contributed by atoms with Gasteiger partial charge in [-0.15, -0.1) is 24.8 Å². The van der Waals surface area contributed by atoms with Gasteiger partial charge in [-0.2, -0.15) is 0 Å². The van der Waals surface area contributed by atoms with E-state index in [9.17, 15) is 4.79 Å². The molecule has 3 aliphatic heterocycles. The first kappa shape index (κ1) is 21.4. The minimum Gasteiger partial charge on any atom is -0.348 e.